The summed E-state index contributed by atoms with van der Waals surface area (Å²) >= 11 is 0. The van der Waals surface area contributed by atoms with Gasteiger partial charge in [0, 0.05) is 17.2 Å². The smallest absolute Gasteiger partial charge is 0.254 e. The monoisotopic (exact) mass is 379 g/mol. The number of hydrogen-bond donors (Lipinski definition) is 0. The first kappa shape index (κ1) is 19.6. The number of aryl methyl sites for hydroxylation is 2. The number of carbonyl (C=O) groups is 1. The van der Waals surface area contributed by atoms with Crippen molar-refractivity contribution < 1.29 is 14.1 Å². The van der Waals surface area contributed by atoms with Crippen LogP contribution in [-0.4, -0.2) is 34.1 Å². The molecule has 3 rings (SSSR count). The lowest BCUT2D eigenvalue weighted by molar-refractivity contribution is 0.0667. The molecule has 0 spiro atoms. The molecule has 0 fully saturated rings. The van der Waals surface area contributed by atoms with Crippen molar-refractivity contribution in [3.63, 3.8) is 0 Å². The number of carbonyl (C=O) groups excluding carboxylic acids is 1. The first-order chi connectivity index (χ1) is 13.4. The average molecular weight is 379 g/mol. The second-order valence-electron chi connectivity index (χ2n) is 7.07. The van der Waals surface area contributed by atoms with E-state index in [-0.39, 0.29) is 18.5 Å². The molecular formula is C22H25N3O3. The maximum absolute atomic E-state index is 13.0. The van der Waals surface area contributed by atoms with Crippen molar-refractivity contribution >= 4 is 5.91 Å². The second kappa shape index (κ2) is 8.25. The Balaban J connectivity index is 1.80. The van der Waals surface area contributed by atoms with Gasteiger partial charge in [-0.25, -0.2) is 0 Å². The molecule has 0 radical (unpaired) electrons. The molecule has 1 aromatic heterocycles. The molecule has 0 saturated heterocycles. The Labute approximate surface area is 165 Å². The van der Waals surface area contributed by atoms with Crippen molar-refractivity contribution in [1.82, 2.24) is 15.0 Å². The highest BCUT2D eigenvalue weighted by Gasteiger charge is 2.22. The number of nitrogens with zero attached hydrogens (tertiary/aromatic N) is 3. The number of rotatable bonds is 6. The third-order valence-electron chi connectivity index (χ3n) is 4.76. The van der Waals surface area contributed by atoms with Gasteiger partial charge in [-0.15, -0.1) is 0 Å². The second-order valence-corrected chi connectivity index (χ2v) is 7.07. The van der Waals surface area contributed by atoms with Gasteiger partial charge in [-0.3, -0.25) is 4.79 Å². The molecule has 0 atom stereocenters. The van der Waals surface area contributed by atoms with Crippen LogP contribution < -0.4 is 4.74 Å². The number of benzene rings is 2. The van der Waals surface area contributed by atoms with Gasteiger partial charge >= 0.3 is 0 Å². The van der Waals surface area contributed by atoms with Gasteiger partial charge < -0.3 is 14.2 Å². The van der Waals surface area contributed by atoms with Gasteiger partial charge in [-0.2, -0.15) is 4.98 Å². The minimum Gasteiger partial charge on any atom is -0.497 e. The molecule has 146 valence electrons. The highest BCUT2D eigenvalue weighted by molar-refractivity contribution is 5.94. The van der Waals surface area contributed by atoms with Crippen molar-refractivity contribution in [3.05, 3.63) is 65.0 Å². The molecule has 6 nitrogen and oxygen atoms in total. The molecule has 3 aromatic rings. The molecule has 0 saturated carbocycles. The quantitative estimate of drug-likeness (QED) is 0.634. The number of ether oxygens (including phenoxy) is 1. The van der Waals surface area contributed by atoms with Crippen molar-refractivity contribution in [1.29, 1.82) is 0 Å². The zero-order valence-corrected chi connectivity index (χ0v) is 16.9. The lowest BCUT2D eigenvalue weighted by atomic mass is 10.1. The highest BCUT2D eigenvalue weighted by atomic mass is 16.5. The molecule has 0 N–H and O–H groups in total. The minimum absolute atomic E-state index is 0.00885. The fraction of sp³-hybridized carbons (Fsp3) is 0.318. The summed E-state index contributed by atoms with van der Waals surface area (Å²) in [5.74, 6) is 1.59. The lowest BCUT2D eigenvalue weighted by Crippen LogP contribution is -2.36. The molecule has 0 aliphatic carbocycles. The minimum atomic E-state index is -0.0534. The van der Waals surface area contributed by atoms with Crippen LogP contribution >= 0.6 is 0 Å². The predicted molar refractivity (Wildman–Crippen MR) is 107 cm³/mol. The van der Waals surface area contributed by atoms with Gasteiger partial charge in [-0.05, 0) is 75.2 Å². The van der Waals surface area contributed by atoms with Crippen LogP contribution in [0.4, 0.5) is 0 Å². The highest BCUT2D eigenvalue weighted by Crippen LogP contribution is 2.21. The summed E-state index contributed by atoms with van der Waals surface area (Å²) in [5, 5.41) is 4.05. The van der Waals surface area contributed by atoms with E-state index in [1.807, 2.05) is 70.2 Å². The predicted octanol–water partition coefficient (Wildman–Crippen LogP) is 4.41. The van der Waals surface area contributed by atoms with Crippen molar-refractivity contribution in [2.75, 3.05) is 7.11 Å². The van der Waals surface area contributed by atoms with E-state index in [9.17, 15) is 4.79 Å². The molecule has 0 unspecified atom stereocenters. The molecule has 1 amide bonds. The molecule has 0 aliphatic heterocycles. The van der Waals surface area contributed by atoms with E-state index in [2.05, 4.69) is 10.1 Å². The van der Waals surface area contributed by atoms with Crippen molar-refractivity contribution in [3.8, 4) is 17.1 Å². The SMILES string of the molecule is COc1ccc(-c2noc(CN(C(=O)c3ccc(C)c(C)c3)C(C)C)n2)cc1. The summed E-state index contributed by atoms with van der Waals surface area (Å²) in [5.41, 5.74) is 3.74. The molecule has 0 bridgehead atoms. The standard InChI is InChI=1S/C22H25N3O3/c1-14(2)25(22(26)18-7-6-15(3)16(4)12-18)13-20-23-21(24-28-20)17-8-10-19(27-5)11-9-17/h6-12,14H,13H2,1-5H3. The van der Waals surface area contributed by atoms with Gasteiger partial charge in [0.05, 0.1) is 7.11 Å². The van der Waals surface area contributed by atoms with E-state index in [1.165, 1.54) is 0 Å². The Kier molecular flexibility index (Phi) is 5.78. The first-order valence-electron chi connectivity index (χ1n) is 9.24. The fourth-order valence-corrected chi connectivity index (χ4v) is 2.85. The van der Waals surface area contributed by atoms with Crippen molar-refractivity contribution in [2.24, 2.45) is 0 Å². The zero-order valence-electron chi connectivity index (χ0n) is 16.9. The van der Waals surface area contributed by atoms with Crippen molar-refractivity contribution in [2.45, 2.75) is 40.3 Å². The van der Waals surface area contributed by atoms with Crippen LogP contribution in [0.25, 0.3) is 11.4 Å². The molecule has 2 aromatic carbocycles. The van der Waals surface area contributed by atoms with E-state index >= 15 is 0 Å². The summed E-state index contributed by atoms with van der Waals surface area (Å²) in [7, 11) is 1.62. The summed E-state index contributed by atoms with van der Waals surface area (Å²) < 4.78 is 10.6. The van der Waals surface area contributed by atoms with Crippen LogP contribution in [0.5, 0.6) is 5.75 Å². The lowest BCUT2D eigenvalue weighted by Gasteiger charge is -2.25. The molecule has 28 heavy (non-hydrogen) atoms. The molecule has 6 heteroatoms. The van der Waals surface area contributed by atoms with E-state index in [4.69, 9.17) is 9.26 Å². The van der Waals surface area contributed by atoms with E-state index < -0.39 is 0 Å². The summed E-state index contributed by atoms with van der Waals surface area (Å²) in [6, 6.07) is 13.2. The summed E-state index contributed by atoms with van der Waals surface area (Å²) in [6.07, 6.45) is 0. The largest absolute Gasteiger partial charge is 0.497 e. The van der Waals surface area contributed by atoms with Crippen LogP contribution in [0.2, 0.25) is 0 Å². The average Bonchev–Trinajstić information content (AvgIpc) is 3.16. The molecular weight excluding hydrogens is 354 g/mol. The van der Waals surface area contributed by atoms with Crippen LogP contribution in [0.15, 0.2) is 47.0 Å². The summed E-state index contributed by atoms with van der Waals surface area (Å²) in [4.78, 5) is 19.2. The van der Waals surface area contributed by atoms with Gasteiger partial charge in [0.2, 0.25) is 11.7 Å². The third-order valence-corrected chi connectivity index (χ3v) is 4.76. The number of amides is 1. The Morgan fingerprint density at radius 2 is 1.82 bits per heavy atom. The van der Waals surface area contributed by atoms with Crippen LogP contribution in [0.1, 0.15) is 41.2 Å². The van der Waals surface area contributed by atoms with Crippen LogP contribution in [0.3, 0.4) is 0 Å². The maximum Gasteiger partial charge on any atom is 0.254 e. The van der Waals surface area contributed by atoms with Gasteiger partial charge in [0.15, 0.2) is 0 Å². The zero-order chi connectivity index (χ0) is 20.3. The van der Waals surface area contributed by atoms with Gasteiger partial charge in [0.1, 0.15) is 12.3 Å². The number of aromatic nitrogens is 2. The Bertz CT molecular complexity index is 961. The number of hydrogen-bond acceptors (Lipinski definition) is 5. The number of methoxy groups -OCH3 is 1. The van der Waals surface area contributed by atoms with Gasteiger partial charge in [0.25, 0.3) is 5.91 Å². The van der Waals surface area contributed by atoms with E-state index in [0.29, 0.717) is 17.3 Å². The van der Waals surface area contributed by atoms with E-state index in [0.717, 1.165) is 22.4 Å². The van der Waals surface area contributed by atoms with Crippen LogP contribution in [-0.2, 0) is 6.54 Å². The Morgan fingerprint density at radius 1 is 1.11 bits per heavy atom. The Morgan fingerprint density at radius 3 is 2.43 bits per heavy atom. The fourth-order valence-electron chi connectivity index (χ4n) is 2.85. The maximum atomic E-state index is 13.0. The molecule has 0 aliphatic rings. The van der Waals surface area contributed by atoms with Crippen LogP contribution in [0, 0.1) is 13.8 Å². The Hall–Kier alpha value is -3.15. The normalized spacial score (nSPS) is 10.9. The van der Waals surface area contributed by atoms with E-state index in [1.54, 1.807) is 12.0 Å². The molecule has 1 heterocycles. The van der Waals surface area contributed by atoms with Gasteiger partial charge in [-0.1, -0.05) is 11.2 Å². The first-order valence-corrected chi connectivity index (χ1v) is 9.24. The third kappa shape index (κ3) is 4.22. The summed E-state index contributed by atoms with van der Waals surface area (Å²) in [6.45, 7) is 8.24. The topological polar surface area (TPSA) is 68.5 Å².